The molecule has 0 spiro atoms. The standard InChI is InChI=1S/C42H78NO8P/c1-3-5-7-9-11-13-15-17-18-19-20-21-22-23-24-26-28-30-32-34-41(45)43-36-37-50-52(47,48)51-39-40(44)38-49-42(46)35-33-31-29-27-25-16-14-12-10-8-6-4-2/h11-14,17-18,40,44H,3-10,15-16,19-39H2,1-2H3,(H,43,45)(H,47,48)/b13-11-,14-12-,18-17-. The van der Waals surface area contributed by atoms with Gasteiger partial charge in [0.15, 0.2) is 0 Å². The van der Waals surface area contributed by atoms with Gasteiger partial charge in [-0.25, -0.2) is 4.57 Å². The molecule has 1 amide bonds. The molecule has 52 heavy (non-hydrogen) atoms. The summed E-state index contributed by atoms with van der Waals surface area (Å²) in [5, 5.41) is 12.7. The number of aliphatic hydroxyl groups is 1. The van der Waals surface area contributed by atoms with Crippen LogP contribution in [0.3, 0.4) is 0 Å². The second kappa shape index (κ2) is 38.9. The van der Waals surface area contributed by atoms with Crippen LogP contribution in [0, 0.1) is 0 Å². The van der Waals surface area contributed by atoms with E-state index in [4.69, 9.17) is 13.8 Å². The fourth-order valence-electron chi connectivity index (χ4n) is 5.58. The van der Waals surface area contributed by atoms with E-state index in [0.717, 1.165) is 64.2 Å². The zero-order valence-corrected chi connectivity index (χ0v) is 34.1. The van der Waals surface area contributed by atoms with Gasteiger partial charge in [-0.2, -0.15) is 0 Å². The highest BCUT2D eigenvalue weighted by molar-refractivity contribution is 7.47. The number of aliphatic hydroxyl groups excluding tert-OH is 1. The summed E-state index contributed by atoms with van der Waals surface area (Å²) < 4.78 is 26.8. The van der Waals surface area contributed by atoms with E-state index in [9.17, 15) is 24.2 Å². The Labute approximate surface area is 318 Å². The Balaban J connectivity index is 3.60. The third-order valence-electron chi connectivity index (χ3n) is 8.79. The third kappa shape index (κ3) is 39.4. The number of carbonyl (C=O) groups excluding carboxylic acids is 2. The predicted molar refractivity (Wildman–Crippen MR) is 215 cm³/mol. The molecule has 0 rings (SSSR count). The first kappa shape index (κ1) is 50.2. The van der Waals surface area contributed by atoms with Gasteiger partial charge in [0, 0.05) is 19.4 Å². The quantitative estimate of drug-likeness (QED) is 0.0244. The number of ether oxygens (including phenoxy) is 1. The Morgan fingerprint density at radius 1 is 0.596 bits per heavy atom. The van der Waals surface area contributed by atoms with Crippen molar-refractivity contribution in [2.24, 2.45) is 0 Å². The summed E-state index contributed by atoms with van der Waals surface area (Å²) in [6.07, 6.45) is 42.1. The first-order valence-electron chi connectivity index (χ1n) is 21.0. The van der Waals surface area contributed by atoms with Crippen LogP contribution in [0.15, 0.2) is 36.5 Å². The van der Waals surface area contributed by atoms with E-state index >= 15 is 0 Å². The molecule has 2 unspecified atom stereocenters. The van der Waals surface area contributed by atoms with Crippen LogP contribution in [-0.2, 0) is 27.9 Å². The number of unbranched alkanes of at least 4 members (excludes halogenated alkanes) is 20. The van der Waals surface area contributed by atoms with E-state index < -0.39 is 26.5 Å². The van der Waals surface area contributed by atoms with Gasteiger partial charge in [-0.1, -0.05) is 140 Å². The normalized spacial score (nSPS) is 13.7. The third-order valence-corrected chi connectivity index (χ3v) is 9.78. The van der Waals surface area contributed by atoms with E-state index in [2.05, 4.69) is 55.6 Å². The summed E-state index contributed by atoms with van der Waals surface area (Å²) in [6.45, 7) is 3.49. The van der Waals surface area contributed by atoms with Crippen molar-refractivity contribution in [1.82, 2.24) is 5.32 Å². The fraction of sp³-hybridized carbons (Fsp3) is 0.810. The largest absolute Gasteiger partial charge is 0.472 e. The Kier molecular flexibility index (Phi) is 37.6. The molecule has 0 saturated carbocycles. The van der Waals surface area contributed by atoms with Crippen molar-refractivity contribution in [1.29, 1.82) is 0 Å². The molecule has 0 aliphatic rings. The van der Waals surface area contributed by atoms with Crippen molar-refractivity contribution >= 4 is 19.7 Å². The number of amides is 1. The second-order valence-electron chi connectivity index (χ2n) is 14.0. The van der Waals surface area contributed by atoms with Gasteiger partial charge < -0.3 is 20.1 Å². The van der Waals surface area contributed by atoms with Crippen LogP contribution >= 0.6 is 7.82 Å². The van der Waals surface area contributed by atoms with Crippen molar-refractivity contribution in [3.63, 3.8) is 0 Å². The molecule has 0 aliphatic carbocycles. The molecular weight excluding hydrogens is 677 g/mol. The number of allylic oxidation sites excluding steroid dienone is 6. The maximum atomic E-state index is 12.1. The first-order valence-corrected chi connectivity index (χ1v) is 22.5. The van der Waals surface area contributed by atoms with Crippen molar-refractivity contribution in [2.75, 3.05) is 26.4 Å². The Morgan fingerprint density at radius 3 is 1.56 bits per heavy atom. The van der Waals surface area contributed by atoms with Crippen LogP contribution in [0.25, 0.3) is 0 Å². The van der Waals surface area contributed by atoms with Crippen molar-refractivity contribution in [3.8, 4) is 0 Å². The van der Waals surface area contributed by atoms with Gasteiger partial charge in [0.05, 0.1) is 13.2 Å². The van der Waals surface area contributed by atoms with E-state index in [1.165, 1.54) is 96.3 Å². The van der Waals surface area contributed by atoms with E-state index in [0.29, 0.717) is 6.42 Å². The van der Waals surface area contributed by atoms with Crippen LogP contribution < -0.4 is 5.32 Å². The predicted octanol–water partition coefficient (Wildman–Crippen LogP) is 11.4. The maximum Gasteiger partial charge on any atom is 0.472 e. The SMILES string of the molecule is CCCCC/C=C\C/C=C\CCCCCCCCCCCC(=O)NCCOP(=O)(O)OCC(O)COC(=O)CCCCCCC/C=C\CCCCC. The van der Waals surface area contributed by atoms with Gasteiger partial charge in [0.25, 0.3) is 0 Å². The molecule has 9 nitrogen and oxygen atoms in total. The lowest BCUT2D eigenvalue weighted by atomic mass is 10.1. The molecule has 3 N–H and O–H groups in total. The van der Waals surface area contributed by atoms with Gasteiger partial charge in [0.1, 0.15) is 12.7 Å². The lowest BCUT2D eigenvalue weighted by Gasteiger charge is -2.15. The van der Waals surface area contributed by atoms with Crippen molar-refractivity contribution in [2.45, 2.75) is 193 Å². The number of hydrogen-bond acceptors (Lipinski definition) is 7. The molecule has 0 saturated heterocycles. The number of rotatable bonds is 39. The maximum absolute atomic E-state index is 12.1. The molecule has 304 valence electrons. The van der Waals surface area contributed by atoms with Crippen LogP contribution in [0.5, 0.6) is 0 Å². The highest BCUT2D eigenvalue weighted by atomic mass is 31.2. The minimum absolute atomic E-state index is 0.0784. The van der Waals surface area contributed by atoms with Crippen molar-refractivity contribution in [3.05, 3.63) is 36.5 Å². The van der Waals surface area contributed by atoms with Crippen molar-refractivity contribution < 1.29 is 37.9 Å². The average molecular weight is 756 g/mol. The molecule has 2 atom stereocenters. The van der Waals surface area contributed by atoms with Crippen LogP contribution in [0.4, 0.5) is 0 Å². The molecule has 0 aromatic carbocycles. The molecule has 0 fully saturated rings. The van der Waals surface area contributed by atoms with Gasteiger partial charge in [0.2, 0.25) is 5.91 Å². The minimum atomic E-state index is -4.42. The number of esters is 1. The van der Waals surface area contributed by atoms with Gasteiger partial charge in [-0.15, -0.1) is 0 Å². The number of carbonyl (C=O) groups is 2. The average Bonchev–Trinajstić information content (AvgIpc) is 3.13. The van der Waals surface area contributed by atoms with E-state index in [1.54, 1.807) is 0 Å². The summed E-state index contributed by atoms with van der Waals surface area (Å²) in [7, 11) is -4.42. The zero-order valence-electron chi connectivity index (χ0n) is 33.3. The van der Waals surface area contributed by atoms with Gasteiger partial charge >= 0.3 is 13.8 Å². The molecule has 0 aromatic rings. The van der Waals surface area contributed by atoms with Gasteiger partial charge in [-0.05, 0) is 70.6 Å². The van der Waals surface area contributed by atoms with Gasteiger partial charge in [-0.3, -0.25) is 18.6 Å². The van der Waals surface area contributed by atoms with E-state index in [1.807, 2.05) is 0 Å². The van der Waals surface area contributed by atoms with Crippen LogP contribution in [0.2, 0.25) is 0 Å². The molecule has 0 bridgehead atoms. The smallest absolute Gasteiger partial charge is 0.463 e. The molecule has 0 aliphatic heterocycles. The molecule has 0 radical (unpaired) electrons. The summed E-state index contributed by atoms with van der Waals surface area (Å²) in [5.41, 5.74) is 0. The zero-order chi connectivity index (χ0) is 38.2. The number of nitrogens with one attached hydrogen (secondary N) is 1. The van der Waals surface area contributed by atoms with Crippen LogP contribution in [0.1, 0.15) is 187 Å². The lowest BCUT2D eigenvalue weighted by molar-refractivity contribution is -0.147. The first-order chi connectivity index (χ1) is 25.3. The monoisotopic (exact) mass is 756 g/mol. The Morgan fingerprint density at radius 2 is 1.04 bits per heavy atom. The Hall–Kier alpha value is -1.77. The van der Waals surface area contributed by atoms with E-state index in [-0.39, 0.29) is 32.1 Å². The fourth-order valence-corrected chi connectivity index (χ4v) is 6.34. The second-order valence-corrected chi connectivity index (χ2v) is 15.4. The number of phosphoric acid groups is 1. The number of phosphoric ester groups is 1. The van der Waals surface area contributed by atoms with Crippen LogP contribution in [-0.4, -0.2) is 54.3 Å². The lowest BCUT2D eigenvalue weighted by Crippen LogP contribution is -2.27. The molecule has 0 heterocycles. The summed E-state index contributed by atoms with van der Waals surface area (Å²) in [6, 6.07) is 0. The minimum Gasteiger partial charge on any atom is -0.463 e. The Bertz CT molecular complexity index is 954. The molecule has 10 heteroatoms. The topological polar surface area (TPSA) is 131 Å². The molecule has 0 aromatic heterocycles. The number of hydrogen-bond donors (Lipinski definition) is 3. The molecular formula is C42H78NO8P. The highest BCUT2D eigenvalue weighted by Gasteiger charge is 2.23. The summed E-state index contributed by atoms with van der Waals surface area (Å²) in [4.78, 5) is 33.8. The highest BCUT2D eigenvalue weighted by Crippen LogP contribution is 2.42. The summed E-state index contributed by atoms with van der Waals surface area (Å²) >= 11 is 0. The summed E-state index contributed by atoms with van der Waals surface area (Å²) in [5.74, 6) is -0.530.